The van der Waals surface area contributed by atoms with Gasteiger partial charge in [-0.2, -0.15) is 0 Å². The summed E-state index contributed by atoms with van der Waals surface area (Å²) in [7, 11) is 0. The number of carboxylic acids is 1. The van der Waals surface area contributed by atoms with E-state index in [-0.39, 0.29) is 43.4 Å². The van der Waals surface area contributed by atoms with Crippen LogP contribution in [-0.4, -0.2) is 42.3 Å². The van der Waals surface area contributed by atoms with E-state index in [4.69, 9.17) is 9.84 Å². The maximum atomic E-state index is 12.9. The molecule has 2 aliphatic carbocycles. The first-order valence-corrected chi connectivity index (χ1v) is 11.9. The van der Waals surface area contributed by atoms with Gasteiger partial charge in [-0.25, -0.2) is 4.79 Å². The van der Waals surface area contributed by atoms with Gasteiger partial charge >= 0.3 is 12.1 Å². The molecule has 1 fully saturated rings. The van der Waals surface area contributed by atoms with E-state index in [2.05, 4.69) is 34.9 Å². The van der Waals surface area contributed by atoms with Crippen LogP contribution >= 0.6 is 0 Å². The van der Waals surface area contributed by atoms with Gasteiger partial charge in [0.2, 0.25) is 5.91 Å². The molecule has 7 heteroatoms. The molecule has 0 spiro atoms. The molecular formula is C27H32N2O5. The summed E-state index contributed by atoms with van der Waals surface area (Å²) in [5.74, 6) is -0.834. The Hall–Kier alpha value is -3.35. The summed E-state index contributed by atoms with van der Waals surface area (Å²) in [6.45, 7) is 4.12. The molecule has 2 amide bonds. The Kier molecular flexibility index (Phi) is 6.91. The molecule has 7 nitrogen and oxygen atoms in total. The maximum absolute atomic E-state index is 12.9. The van der Waals surface area contributed by atoms with Crippen LogP contribution in [0.25, 0.3) is 11.1 Å². The molecule has 2 aliphatic rings. The van der Waals surface area contributed by atoms with E-state index in [9.17, 15) is 14.4 Å². The van der Waals surface area contributed by atoms with Gasteiger partial charge in [-0.15, -0.1) is 0 Å². The second-order valence-electron chi connectivity index (χ2n) is 9.70. The number of hydrogen-bond acceptors (Lipinski definition) is 4. The number of aliphatic carboxylic acids is 1. The van der Waals surface area contributed by atoms with E-state index in [1.54, 1.807) is 0 Å². The van der Waals surface area contributed by atoms with Crippen LogP contribution in [0, 0.1) is 11.3 Å². The predicted molar refractivity (Wildman–Crippen MR) is 128 cm³/mol. The van der Waals surface area contributed by atoms with Crippen LogP contribution in [0.2, 0.25) is 0 Å². The van der Waals surface area contributed by atoms with Gasteiger partial charge in [0.15, 0.2) is 0 Å². The van der Waals surface area contributed by atoms with Crippen LogP contribution in [-0.2, 0) is 14.3 Å². The van der Waals surface area contributed by atoms with Crippen molar-refractivity contribution in [2.75, 3.05) is 13.2 Å². The van der Waals surface area contributed by atoms with Gasteiger partial charge in [0.05, 0.1) is 5.41 Å². The summed E-state index contributed by atoms with van der Waals surface area (Å²) in [6, 6.07) is 16.3. The lowest BCUT2D eigenvalue weighted by Gasteiger charge is -2.38. The summed E-state index contributed by atoms with van der Waals surface area (Å²) in [5.41, 5.74) is 3.86. The molecule has 0 saturated heterocycles. The van der Waals surface area contributed by atoms with Crippen molar-refractivity contribution in [3.05, 3.63) is 59.7 Å². The summed E-state index contributed by atoms with van der Waals surface area (Å²) in [6.07, 6.45) is 1.50. The molecule has 180 valence electrons. The molecule has 0 aliphatic heterocycles. The number of fused-ring (bicyclic) bond motifs is 3. The lowest BCUT2D eigenvalue weighted by Crippen LogP contribution is -2.52. The van der Waals surface area contributed by atoms with Gasteiger partial charge in [-0.05, 0) is 54.4 Å². The number of alkyl carbamates (subject to hydrolysis) is 1. The number of rotatable bonds is 9. The number of benzene rings is 2. The highest BCUT2D eigenvalue weighted by Crippen LogP contribution is 2.44. The summed E-state index contributed by atoms with van der Waals surface area (Å²) >= 11 is 0. The van der Waals surface area contributed by atoms with Crippen molar-refractivity contribution in [3.8, 4) is 11.1 Å². The molecule has 1 unspecified atom stereocenters. The topological polar surface area (TPSA) is 105 Å². The minimum atomic E-state index is -0.805. The van der Waals surface area contributed by atoms with Crippen molar-refractivity contribution in [2.45, 2.75) is 51.5 Å². The van der Waals surface area contributed by atoms with Crippen molar-refractivity contribution >= 4 is 18.0 Å². The molecule has 34 heavy (non-hydrogen) atoms. The number of amides is 2. The third kappa shape index (κ3) is 4.93. The fourth-order valence-corrected chi connectivity index (χ4v) is 4.91. The fraction of sp³-hybridized carbons (Fsp3) is 0.444. The van der Waals surface area contributed by atoms with Gasteiger partial charge in [-0.1, -0.05) is 55.5 Å². The van der Waals surface area contributed by atoms with Gasteiger partial charge in [0.25, 0.3) is 0 Å². The van der Waals surface area contributed by atoms with E-state index in [1.807, 2.05) is 38.1 Å². The average Bonchev–Trinajstić information content (AvgIpc) is 3.13. The van der Waals surface area contributed by atoms with Gasteiger partial charge in [-0.3, -0.25) is 9.59 Å². The van der Waals surface area contributed by atoms with Crippen LogP contribution in [0.5, 0.6) is 0 Å². The molecule has 2 aromatic carbocycles. The Morgan fingerprint density at radius 3 is 2.18 bits per heavy atom. The maximum Gasteiger partial charge on any atom is 0.407 e. The molecule has 1 saturated carbocycles. The Morgan fingerprint density at radius 1 is 1.03 bits per heavy atom. The molecule has 1 atom stereocenters. The lowest BCUT2D eigenvalue weighted by atomic mass is 9.77. The Labute approximate surface area is 199 Å². The fourth-order valence-electron chi connectivity index (χ4n) is 4.91. The molecular weight excluding hydrogens is 432 g/mol. The standard InChI is InChI=1S/C27H32N2O5/c1-3-27(2,25(32)29-18-12-17(13-18)14-24(30)31)16-28-26(33)34-15-23-21-10-6-4-8-19(21)20-9-5-7-11-22(20)23/h4-11,17-18,23H,3,12-16H2,1-2H3,(H,28,33)(H,29,32)(H,30,31). The van der Waals surface area contributed by atoms with Gasteiger partial charge < -0.3 is 20.5 Å². The number of ether oxygens (including phenoxy) is 1. The van der Waals surface area contributed by atoms with Crippen LogP contribution in [0.4, 0.5) is 4.79 Å². The lowest BCUT2D eigenvalue weighted by molar-refractivity contribution is -0.139. The van der Waals surface area contributed by atoms with Crippen molar-refractivity contribution in [2.24, 2.45) is 11.3 Å². The third-order valence-electron chi connectivity index (χ3n) is 7.33. The first-order valence-electron chi connectivity index (χ1n) is 11.9. The van der Waals surface area contributed by atoms with Crippen LogP contribution in [0.15, 0.2) is 48.5 Å². The van der Waals surface area contributed by atoms with Gasteiger partial charge in [0.1, 0.15) is 6.61 Å². The van der Waals surface area contributed by atoms with E-state index in [0.717, 1.165) is 11.1 Å². The Morgan fingerprint density at radius 2 is 1.62 bits per heavy atom. The minimum Gasteiger partial charge on any atom is -0.481 e. The van der Waals surface area contributed by atoms with Crippen molar-refractivity contribution in [3.63, 3.8) is 0 Å². The highest BCUT2D eigenvalue weighted by atomic mass is 16.5. The monoisotopic (exact) mass is 464 g/mol. The van der Waals surface area contributed by atoms with Gasteiger partial charge in [0, 0.05) is 24.9 Å². The van der Waals surface area contributed by atoms with E-state index < -0.39 is 17.5 Å². The number of carbonyl (C=O) groups excluding carboxylic acids is 2. The predicted octanol–water partition coefficient (Wildman–Crippen LogP) is 4.31. The SMILES string of the molecule is CCC(C)(CNC(=O)OCC1c2ccccc2-c2ccccc21)C(=O)NC1CC(CC(=O)O)C1. The van der Waals surface area contributed by atoms with Crippen LogP contribution in [0.3, 0.4) is 0 Å². The summed E-state index contributed by atoms with van der Waals surface area (Å²) < 4.78 is 5.59. The summed E-state index contributed by atoms with van der Waals surface area (Å²) in [4.78, 5) is 36.2. The molecule has 3 N–H and O–H groups in total. The normalized spacial score (nSPS) is 20.3. The molecule has 4 rings (SSSR count). The highest BCUT2D eigenvalue weighted by molar-refractivity contribution is 5.83. The first-order chi connectivity index (χ1) is 16.3. The van der Waals surface area contributed by atoms with Crippen LogP contribution in [0.1, 0.15) is 56.6 Å². The smallest absolute Gasteiger partial charge is 0.407 e. The Balaban J connectivity index is 1.28. The molecule has 0 heterocycles. The average molecular weight is 465 g/mol. The number of nitrogens with one attached hydrogen (secondary N) is 2. The number of carboxylic acid groups (broad SMARTS) is 1. The van der Waals surface area contributed by atoms with Crippen molar-refractivity contribution in [1.82, 2.24) is 10.6 Å². The van der Waals surface area contributed by atoms with Crippen molar-refractivity contribution in [1.29, 1.82) is 0 Å². The van der Waals surface area contributed by atoms with Crippen LogP contribution < -0.4 is 10.6 Å². The summed E-state index contributed by atoms with van der Waals surface area (Å²) in [5, 5.41) is 14.7. The highest BCUT2D eigenvalue weighted by Gasteiger charge is 2.38. The second-order valence-corrected chi connectivity index (χ2v) is 9.70. The van der Waals surface area contributed by atoms with E-state index in [1.165, 1.54) is 11.1 Å². The molecule has 0 bridgehead atoms. The first kappa shape index (κ1) is 23.8. The number of carbonyl (C=O) groups is 3. The number of hydrogen-bond donors (Lipinski definition) is 3. The van der Waals surface area contributed by atoms with E-state index in [0.29, 0.717) is 19.3 Å². The third-order valence-corrected chi connectivity index (χ3v) is 7.33. The zero-order chi connectivity index (χ0) is 24.3. The Bertz CT molecular complexity index is 1030. The van der Waals surface area contributed by atoms with E-state index >= 15 is 0 Å². The zero-order valence-corrected chi connectivity index (χ0v) is 19.7. The largest absolute Gasteiger partial charge is 0.481 e. The second kappa shape index (κ2) is 9.87. The zero-order valence-electron chi connectivity index (χ0n) is 19.7. The molecule has 0 aromatic heterocycles. The molecule has 0 radical (unpaired) electrons. The van der Waals surface area contributed by atoms with Crippen molar-refractivity contribution < 1.29 is 24.2 Å². The minimum absolute atomic E-state index is 0.00261. The quantitative estimate of drug-likeness (QED) is 0.513. The molecule has 2 aromatic rings.